The highest BCUT2D eigenvalue weighted by Crippen LogP contribution is 2.30. The van der Waals surface area contributed by atoms with Crippen molar-refractivity contribution in [3.8, 4) is 5.75 Å². The summed E-state index contributed by atoms with van der Waals surface area (Å²) in [5.41, 5.74) is 0.222. The zero-order valence-electron chi connectivity index (χ0n) is 9.62. The van der Waals surface area contributed by atoms with Crippen LogP contribution in [-0.4, -0.2) is 34.8 Å². The molecule has 6 heteroatoms. The molecule has 19 heavy (non-hydrogen) atoms. The SMILES string of the molecule is O=C(NC1=CC(=O)[C@H]2O[C@@H]2C1=O)c1ccc(O)cc1. The maximum absolute atomic E-state index is 11.9. The fraction of sp³-hybridized carbons (Fsp3) is 0.154. The van der Waals surface area contributed by atoms with Crippen molar-refractivity contribution < 1.29 is 24.2 Å². The molecule has 1 aliphatic heterocycles. The highest BCUT2D eigenvalue weighted by molar-refractivity contribution is 6.17. The summed E-state index contributed by atoms with van der Waals surface area (Å²) in [4.78, 5) is 35.0. The van der Waals surface area contributed by atoms with Gasteiger partial charge in [-0.05, 0) is 24.3 Å². The number of Topliss-reactive ketones (excluding diaryl/α,β-unsaturated/α-hetero) is 1. The van der Waals surface area contributed by atoms with E-state index < -0.39 is 23.9 Å². The Hall–Kier alpha value is -2.47. The number of fused-ring (bicyclic) bond motifs is 1. The highest BCUT2D eigenvalue weighted by atomic mass is 16.6. The standard InChI is InChI=1S/C13H9NO5/c15-7-3-1-6(2-4-7)13(18)14-8-5-9(16)11-12(19-11)10(8)17/h1-5,11-12,15H,(H,14,18)/t11-,12-/m1/s1. The van der Waals surface area contributed by atoms with Crippen molar-refractivity contribution in [2.24, 2.45) is 0 Å². The van der Waals surface area contributed by atoms with Crippen LogP contribution in [0.15, 0.2) is 36.0 Å². The molecular weight excluding hydrogens is 250 g/mol. The Bertz CT molecular complexity index is 616. The van der Waals surface area contributed by atoms with Crippen LogP contribution >= 0.6 is 0 Å². The van der Waals surface area contributed by atoms with Gasteiger partial charge in [-0.25, -0.2) is 0 Å². The van der Waals surface area contributed by atoms with Crippen molar-refractivity contribution >= 4 is 17.5 Å². The highest BCUT2D eigenvalue weighted by Gasteiger charge is 2.53. The number of nitrogens with one attached hydrogen (secondary N) is 1. The molecule has 0 aromatic heterocycles. The molecule has 0 bridgehead atoms. The number of carbonyl (C=O) groups excluding carboxylic acids is 3. The van der Waals surface area contributed by atoms with Crippen LogP contribution in [0.3, 0.4) is 0 Å². The van der Waals surface area contributed by atoms with E-state index >= 15 is 0 Å². The van der Waals surface area contributed by atoms with E-state index in [9.17, 15) is 14.4 Å². The lowest BCUT2D eigenvalue weighted by atomic mass is 10.0. The van der Waals surface area contributed by atoms with E-state index in [1.54, 1.807) is 0 Å². The topological polar surface area (TPSA) is 96.0 Å². The van der Waals surface area contributed by atoms with E-state index in [1.165, 1.54) is 24.3 Å². The normalized spacial score (nSPS) is 24.5. The van der Waals surface area contributed by atoms with Crippen LogP contribution in [0.1, 0.15) is 10.4 Å². The van der Waals surface area contributed by atoms with Gasteiger partial charge in [0, 0.05) is 11.6 Å². The molecule has 0 unspecified atom stereocenters. The van der Waals surface area contributed by atoms with Crippen molar-refractivity contribution in [3.63, 3.8) is 0 Å². The van der Waals surface area contributed by atoms with Gasteiger partial charge in [-0.2, -0.15) is 0 Å². The molecule has 2 N–H and O–H groups in total. The summed E-state index contributed by atoms with van der Waals surface area (Å²) in [7, 11) is 0. The Morgan fingerprint density at radius 2 is 1.84 bits per heavy atom. The number of amides is 1. The van der Waals surface area contributed by atoms with Crippen LogP contribution in [0.4, 0.5) is 0 Å². The second kappa shape index (κ2) is 4.03. The van der Waals surface area contributed by atoms with E-state index in [-0.39, 0.29) is 22.8 Å². The fourth-order valence-electron chi connectivity index (χ4n) is 1.88. The maximum atomic E-state index is 11.9. The molecule has 1 aromatic carbocycles. The number of carbonyl (C=O) groups is 3. The van der Waals surface area contributed by atoms with Crippen LogP contribution in [0.25, 0.3) is 0 Å². The number of benzene rings is 1. The van der Waals surface area contributed by atoms with Crippen molar-refractivity contribution in [2.45, 2.75) is 12.2 Å². The van der Waals surface area contributed by atoms with Gasteiger partial charge < -0.3 is 15.2 Å². The predicted molar refractivity (Wildman–Crippen MR) is 62.3 cm³/mol. The molecule has 3 rings (SSSR count). The summed E-state index contributed by atoms with van der Waals surface area (Å²) >= 11 is 0. The number of aromatic hydroxyl groups is 1. The number of ether oxygens (including phenoxy) is 1. The summed E-state index contributed by atoms with van der Waals surface area (Å²) in [5, 5.41) is 11.5. The van der Waals surface area contributed by atoms with Gasteiger partial charge in [0.2, 0.25) is 5.78 Å². The number of phenolic OH excluding ortho intramolecular Hbond substituents is 1. The zero-order chi connectivity index (χ0) is 13.6. The van der Waals surface area contributed by atoms with E-state index in [1.807, 2.05) is 0 Å². The first-order chi connectivity index (χ1) is 9.06. The van der Waals surface area contributed by atoms with Gasteiger partial charge in [0.15, 0.2) is 18.0 Å². The largest absolute Gasteiger partial charge is 0.508 e. The van der Waals surface area contributed by atoms with Gasteiger partial charge >= 0.3 is 0 Å². The molecule has 6 nitrogen and oxygen atoms in total. The first-order valence-corrected chi connectivity index (χ1v) is 5.62. The minimum absolute atomic E-state index is 0.0360. The molecular formula is C13H9NO5. The minimum Gasteiger partial charge on any atom is -0.508 e. The monoisotopic (exact) mass is 259 g/mol. The van der Waals surface area contributed by atoms with Gasteiger partial charge in [0.25, 0.3) is 5.91 Å². The Labute approximate surface area is 107 Å². The molecule has 2 atom stereocenters. The summed E-state index contributed by atoms with van der Waals surface area (Å²) in [5.74, 6) is -1.19. The molecule has 1 fully saturated rings. The minimum atomic E-state index is -0.743. The first kappa shape index (κ1) is 11.6. The Morgan fingerprint density at radius 3 is 2.53 bits per heavy atom. The van der Waals surface area contributed by atoms with E-state index in [0.29, 0.717) is 0 Å². The third-order valence-electron chi connectivity index (χ3n) is 2.96. The Kier molecular flexibility index (Phi) is 2.46. The van der Waals surface area contributed by atoms with Gasteiger partial charge in [-0.15, -0.1) is 0 Å². The second-order valence-electron chi connectivity index (χ2n) is 4.30. The number of hydrogen-bond donors (Lipinski definition) is 2. The zero-order valence-corrected chi connectivity index (χ0v) is 9.62. The predicted octanol–water partition coefficient (Wildman–Crippen LogP) is -0.0749. The Balaban J connectivity index is 1.78. The molecule has 0 spiro atoms. The number of ketones is 2. The number of epoxide rings is 1. The van der Waals surface area contributed by atoms with Crippen LogP contribution in [0.2, 0.25) is 0 Å². The van der Waals surface area contributed by atoms with Crippen LogP contribution in [-0.2, 0) is 14.3 Å². The summed E-state index contributed by atoms with van der Waals surface area (Å²) in [6.45, 7) is 0. The third kappa shape index (κ3) is 2.02. The molecule has 1 aliphatic carbocycles. The quantitative estimate of drug-likeness (QED) is 0.724. The fourth-order valence-corrected chi connectivity index (χ4v) is 1.88. The van der Waals surface area contributed by atoms with E-state index in [2.05, 4.69) is 5.32 Å². The lowest BCUT2D eigenvalue weighted by molar-refractivity contribution is -0.119. The van der Waals surface area contributed by atoms with Gasteiger partial charge in [0.1, 0.15) is 5.75 Å². The Morgan fingerprint density at radius 1 is 1.16 bits per heavy atom. The number of rotatable bonds is 2. The maximum Gasteiger partial charge on any atom is 0.255 e. The van der Waals surface area contributed by atoms with Crippen LogP contribution in [0, 0.1) is 0 Å². The lowest BCUT2D eigenvalue weighted by Gasteiger charge is -2.10. The summed E-state index contributed by atoms with van der Waals surface area (Å²) in [6.07, 6.45) is -0.316. The average Bonchev–Trinajstić information content (AvgIpc) is 3.17. The van der Waals surface area contributed by atoms with Gasteiger partial charge in [-0.3, -0.25) is 14.4 Å². The average molecular weight is 259 g/mol. The smallest absolute Gasteiger partial charge is 0.255 e. The molecule has 0 radical (unpaired) electrons. The number of hydrogen-bond acceptors (Lipinski definition) is 5. The van der Waals surface area contributed by atoms with Crippen molar-refractivity contribution in [2.75, 3.05) is 0 Å². The first-order valence-electron chi connectivity index (χ1n) is 5.62. The summed E-state index contributed by atoms with van der Waals surface area (Å²) in [6, 6.07) is 5.54. The molecule has 1 amide bonds. The van der Waals surface area contributed by atoms with Crippen LogP contribution in [0.5, 0.6) is 5.75 Å². The van der Waals surface area contributed by atoms with E-state index in [0.717, 1.165) is 6.08 Å². The molecule has 96 valence electrons. The van der Waals surface area contributed by atoms with Crippen LogP contribution < -0.4 is 5.32 Å². The molecule has 1 heterocycles. The van der Waals surface area contributed by atoms with E-state index in [4.69, 9.17) is 9.84 Å². The molecule has 0 saturated carbocycles. The van der Waals surface area contributed by atoms with Gasteiger partial charge in [-0.1, -0.05) is 0 Å². The molecule has 2 aliphatic rings. The number of phenols is 1. The molecule has 1 saturated heterocycles. The lowest BCUT2D eigenvalue weighted by Crippen LogP contribution is -2.34. The second-order valence-corrected chi connectivity index (χ2v) is 4.30. The third-order valence-corrected chi connectivity index (χ3v) is 2.96. The van der Waals surface area contributed by atoms with Crippen molar-refractivity contribution in [3.05, 3.63) is 41.6 Å². The summed E-state index contributed by atoms with van der Waals surface area (Å²) < 4.78 is 4.90. The van der Waals surface area contributed by atoms with Crippen molar-refractivity contribution in [1.82, 2.24) is 5.32 Å². The molecule has 1 aromatic rings. The van der Waals surface area contributed by atoms with Gasteiger partial charge in [0.05, 0.1) is 5.70 Å². The van der Waals surface area contributed by atoms with Crippen molar-refractivity contribution in [1.29, 1.82) is 0 Å².